The SMILES string of the molecule is COCCN(C)C(=O)[C@@H]1CCC(=O)N[C@H](CC(C)C)C(=O)N[C@@H](C(C)C)COc2ccccc2C(=O)N1. The number of nitrogens with zero attached hydrogens (tertiary/aromatic N) is 1. The van der Waals surface area contributed by atoms with Crippen LogP contribution in [0.25, 0.3) is 0 Å². The molecule has 0 saturated carbocycles. The number of rotatable bonds is 7. The molecule has 0 unspecified atom stereocenters. The molecule has 3 atom stereocenters. The maximum atomic E-state index is 13.3. The van der Waals surface area contributed by atoms with Crippen LogP contribution >= 0.6 is 0 Å². The normalized spacial score (nSPS) is 21.6. The molecule has 1 aliphatic heterocycles. The number of benzene rings is 1. The van der Waals surface area contributed by atoms with Crippen molar-refractivity contribution >= 4 is 23.6 Å². The van der Waals surface area contributed by atoms with Crippen molar-refractivity contribution in [2.75, 3.05) is 33.9 Å². The molecule has 1 aromatic carbocycles. The Bertz CT molecular complexity index is 935. The summed E-state index contributed by atoms with van der Waals surface area (Å²) in [7, 11) is 3.16. The van der Waals surface area contributed by atoms with E-state index in [9.17, 15) is 19.2 Å². The summed E-state index contributed by atoms with van der Waals surface area (Å²) in [5, 5.41) is 8.64. The fourth-order valence-electron chi connectivity index (χ4n) is 3.99. The van der Waals surface area contributed by atoms with Crippen LogP contribution in [0.5, 0.6) is 5.75 Å². The molecular weight excluding hydrogens is 476 g/mol. The van der Waals surface area contributed by atoms with Crippen LogP contribution in [0.15, 0.2) is 24.3 Å². The molecule has 0 bridgehead atoms. The highest BCUT2D eigenvalue weighted by atomic mass is 16.5. The van der Waals surface area contributed by atoms with Crippen molar-refractivity contribution in [3.05, 3.63) is 29.8 Å². The lowest BCUT2D eigenvalue weighted by Gasteiger charge is -2.27. The Morgan fingerprint density at radius 3 is 2.46 bits per heavy atom. The summed E-state index contributed by atoms with van der Waals surface area (Å²) in [6.45, 7) is 8.70. The number of likely N-dealkylation sites (N-methyl/N-ethyl adjacent to an activating group) is 1. The maximum Gasteiger partial charge on any atom is 0.255 e. The van der Waals surface area contributed by atoms with Gasteiger partial charge in [-0.15, -0.1) is 0 Å². The van der Waals surface area contributed by atoms with Crippen LogP contribution in [0.3, 0.4) is 0 Å². The smallest absolute Gasteiger partial charge is 0.255 e. The van der Waals surface area contributed by atoms with Gasteiger partial charge in [0.15, 0.2) is 0 Å². The molecule has 0 aliphatic carbocycles. The van der Waals surface area contributed by atoms with Gasteiger partial charge in [0.25, 0.3) is 5.91 Å². The van der Waals surface area contributed by atoms with E-state index in [-0.39, 0.29) is 60.6 Å². The third kappa shape index (κ3) is 9.35. The van der Waals surface area contributed by atoms with E-state index < -0.39 is 18.0 Å². The molecule has 0 spiro atoms. The Morgan fingerprint density at radius 1 is 1.11 bits per heavy atom. The largest absolute Gasteiger partial charge is 0.491 e. The average molecular weight is 519 g/mol. The Hall–Kier alpha value is -3.14. The standard InChI is InChI=1S/C27H42N4O6/c1-17(2)15-21-26(34)30-22(18(3)4)16-37-23-10-8-7-9-19(23)25(33)29-20(11-12-24(32)28-21)27(35)31(5)13-14-36-6/h7-10,17-18,20-22H,11-16H2,1-6H3,(H,28,32)(H,29,33)(H,30,34)/t20-,21+,22+/m0/s1. The number of amides is 4. The molecule has 1 heterocycles. The maximum absolute atomic E-state index is 13.3. The summed E-state index contributed by atoms with van der Waals surface area (Å²) in [5.74, 6) is -0.901. The van der Waals surface area contributed by atoms with E-state index in [0.29, 0.717) is 25.3 Å². The summed E-state index contributed by atoms with van der Waals surface area (Å²) in [6.07, 6.45) is 0.495. The molecule has 37 heavy (non-hydrogen) atoms. The van der Waals surface area contributed by atoms with Crippen LogP contribution in [0.4, 0.5) is 0 Å². The first-order valence-electron chi connectivity index (χ1n) is 12.9. The molecule has 0 fully saturated rings. The van der Waals surface area contributed by atoms with E-state index >= 15 is 0 Å². The minimum Gasteiger partial charge on any atom is -0.491 e. The lowest BCUT2D eigenvalue weighted by molar-refractivity contribution is -0.133. The number of carbonyl (C=O) groups excluding carboxylic acids is 4. The quantitative estimate of drug-likeness (QED) is 0.505. The van der Waals surface area contributed by atoms with Gasteiger partial charge < -0.3 is 30.3 Å². The molecule has 0 saturated heterocycles. The van der Waals surface area contributed by atoms with Crippen molar-refractivity contribution in [3.8, 4) is 5.75 Å². The summed E-state index contributed by atoms with van der Waals surface area (Å²) in [4.78, 5) is 54.0. The van der Waals surface area contributed by atoms with Crippen LogP contribution in [0, 0.1) is 11.8 Å². The first-order chi connectivity index (χ1) is 17.5. The summed E-state index contributed by atoms with van der Waals surface area (Å²) < 4.78 is 11.1. The Kier molecular flexibility index (Phi) is 11.8. The third-order valence-corrected chi connectivity index (χ3v) is 6.31. The van der Waals surface area contributed by atoms with Crippen LogP contribution < -0.4 is 20.7 Å². The monoisotopic (exact) mass is 518 g/mol. The van der Waals surface area contributed by atoms with E-state index in [0.717, 1.165) is 0 Å². The van der Waals surface area contributed by atoms with Crippen molar-refractivity contribution in [2.24, 2.45) is 11.8 Å². The molecule has 10 nitrogen and oxygen atoms in total. The predicted molar refractivity (Wildman–Crippen MR) is 140 cm³/mol. The van der Waals surface area contributed by atoms with Gasteiger partial charge >= 0.3 is 0 Å². The molecule has 0 aromatic heterocycles. The molecule has 2 rings (SSSR count). The van der Waals surface area contributed by atoms with Crippen molar-refractivity contribution in [1.29, 1.82) is 0 Å². The van der Waals surface area contributed by atoms with Gasteiger partial charge in [0, 0.05) is 27.1 Å². The molecule has 1 aromatic rings. The first kappa shape index (κ1) is 30.1. The second-order valence-corrected chi connectivity index (χ2v) is 10.2. The summed E-state index contributed by atoms with van der Waals surface area (Å²) >= 11 is 0. The lowest BCUT2D eigenvalue weighted by atomic mass is 10.0. The Balaban J connectivity index is 2.41. The van der Waals surface area contributed by atoms with Crippen LogP contribution in [0.1, 0.15) is 57.3 Å². The number of ether oxygens (including phenoxy) is 2. The fourth-order valence-corrected chi connectivity index (χ4v) is 3.99. The lowest BCUT2D eigenvalue weighted by Crippen LogP contribution is -2.53. The van der Waals surface area contributed by atoms with Gasteiger partial charge in [-0.25, -0.2) is 0 Å². The minimum atomic E-state index is -0.945. The van der Waals surface area contributed by atoms with Crippen molar-refractivity contribution in [3.63, 3.8) is 0 Å². The van der Waals surface area contributed by atoms with Crippen molar-refractivity contribution < 1.29 is 28.7 Å². The zero-order valence-electron chi connectivity index (χ0n) is 22.8. The number of fused-ring (bicyclic) bond motifs is 1. The van der Waals surface area contributed by atoms with Gasteiger partial charge in [-0.1, -0.05) is 39.8 Å². The van der Waals surface area contributed by atoms with E-state index in [1.165, 1.54) is 4.90 Å². The minimum absolute atomic E-state index is 0.0393. The topological polar surface area (TPSA) is 126 Å². The zero-order chi connectivity index (χ0) is 27.5. The molecular formula is C27H42N4O6. The van der Waals surface area contributed by atoms with Crippen LogP contribution in [-0.2, 0) is 19.1 Å². The highest BCUT2D eigenvalue weighted by Crippen LogP contribution is 2.20. The van der Waals surface area contributed by atoms with Crippen LogP contribution in [-0.4, -0.2) is 80.6 Å². The van der Waals surface area contributed by atoms with Gasteiger partial charge in [0.1, 0.15) is 24.4 Å². The van der Waals surface area contributed by atoms with Crippen LogP contribution in [0.2, 0.25) is 0 Å². The van der Waals surface area contributed by atoms with E-state index in [2.05, 4.69) is 16.0 Å². The molecule has 3 N–H and O–H groups in total. The summed E-state index contributed by atoms with van der Waals surface area (Å²) in [6, 6.07) is 4.75. The number of nitrogens with one attached hydrogen (secondary N) is 3. The molecule has 10 heteroatoms. The van der Waals surface area contributed by atoms with E-state index in [4.69, 9.17) is 9.47 Å². The fraction of sp³-hybridized carbons (Fsp3) is 0.630. The first-order valence-corrected chi connectivity index (χ1v) is 12.9. The predicted octanol–water partition coefficient (Wildman–Crippen LogP) is 1.73. The molecule has 206 valence electrons. The molecule has 1 aliphatic rings. The second-order valence-electron chi connectivity index (χ2n) is 10.2. The molecule has 4 amide bonds. The van der Waals surface area contributed by atoms with E-state index in [1.807, 2.05) is 27.7 Å². The van der Waals surface area contributed by atoms with Crippen molar-refractivity contribution in [1.82, 2.24) is 20.9 Å². The number of para-hydroxylation sites is 1. The van der Waals surface area contributed by atoms with Gasteiger partial charge in [-0.3, -0.25) is 19.2 Å². The second kappa shape index (κ2) is 14.6. The van der Waals surface area contributed by atoms with Gasteiger partial charge in [0.05, 0.1) is 18.2 Å². The number of methoxy groups -OCH3 is 1. The zero-order valence-corrected chi connectivity index (χ0v) is 22.8. The van der Waals surface area contributed by atoms with Gasteiger partial charge in [-0.05, 0) is 36.8 Å². The van der Waals surface area contributed by atoms with Crippen molar-refractivity contribution in [2.45, 2.75) is 65.1 Å². The number of carbonyl (C=O) groups is 4. The number of hydrogen-bond donors (Lipinski definition) is 3. The highest BCUT2D eigenvalue weighted by molar-refractivity contribution is 5.99. The Morgan fingerprint density at radius 2 is 1.81 bits per heavy atom. The summed E-state index contributed by atoms with van der Waals surface area (Å²) in [5.41, 5.74) is 0.269. The highest BCUT2D eigenvalue weighted by Gasteiger charge is 2.30. The average Bonchev–Trinajstić information content (AvgIpc) is 2.85. The third-order valence-electron chi connectivity index (χ3n) is 6.31. The van der Waals surface area contributed by atoms with E-state index in [1.54, 1.807) is 38.4 Å². The molecule has 0 radical (unpaired) electrons. The van der Waals surface area contributed by atoms with Gasteiger partial charge in [0.2, 0.25) is 17.7 Å². The number of hydrogen-bond acceptors (Lipinski definition) is 6. The van der Waals surface area contributed by atoms with Gasteiger partial charge in [-0.2, -0.15) is 0 Å². The Labute approximate surface area is 219 Å².